The lowest BCUT2D eigenvalue weighted by molar-refractivity contribution is 0.378. The van der Waals surface area contributed by atoms with Crippen LogP contribution in [0.4, 0.5) is 0 Å². The number of hydrogen-bond acceptors (Lipinski definition) is 2. The molecule has 0 spiro atoms. The van der Waals surface area contributed by atoms with Crippen LogP contribution in [-0.2, 0) is 6.42 Å². The van der Waals surface area contributed by atoms with E-state index in [0.29, 0.717) is 12.1 Å². The van der Waals surface area contributed by atoms with Gasteiger partial charge in [0.1, 0.15) is 5.82 Å². The average molecular weight is 221 g/mol. The minimum absolute atomic E-state index is 0.525. The zero-order valence-corrected chi connectivity index (χ0v) is 10.4. The molecular weight excluding hydrogens is 198 g/mol. The summed E-state index contributed by atoms with van der Waals surface area (Å²) in [7, 11) is 0. The summed E-state index contributed by atoms with van der Waals surface area (Å²) in [5.41, 5.74) is 0. The fraction of sp³-hybridized carbons (Fsp3) is 0.769. The third kappa shape index (κ3) is 2.85. The lowest BCUT2D eigenvalue weighted by Crippen LogP contribution is -2.34. The van der Waals surface area contributed by atoms with E-state index in [1.165, 1.54) is 38.1 Å². The normalized spacial score (nSPS) is 21.6. The van der Waals surface area contributed by atoms with Crippen LogP contribution >= 0.6 is 0 Å². The van der Waals surface area contributed by atoms with Crippen molar-refractivity contribution in [3.63, 3.8) is 0 Å². The molecule has 1 fully saturated rings. The number of imidazole rings is 1. The number of aryl methyl sites for hydroxylation is 1. The van der Waals surface area contributed by atoms with Crippen LogP contribution in [0.2, 0.25) is 0 Å². The molecule has 90 valence electrons. The second-order valence-corrected chi connectivity index (χ2v) is 5.03. The number of piperidine rings is 1. The Hall–Kier alpha value is -0.830. The lowest BCUT2D eigenvalue weighted by atomic mass is 10.0. The van der Waals surface area contributed by atoms with Crippen LogP contribution in [0.3, 0.4) is 0 Å². The third-order valence-corrected chi connectivity index (χ3v) is 3.43. The van der Waals surface area contributed by atoms with Gasteiger partial charge in [0.15, 0.2) is 0 Å². The van der Waals surface area contributed by atoms with Crippen LogP contribution in [0, 0.1) is 0 Å². The largest absolute Gasteiger partial charge is 0.332 e. The zero-order valence-electron chi connectivity index (χ0n) is 10.4. The summed E-state index contributed by atoms with van der Waals surface area (Å²) in [6, 6.07) is 1.24. The van der Waals surface area contributed by atoms with Gasteiger partial charge in [0.05, 0.1) is 0 Å². The van der Waals surface area contributed by atoms with Gasteiger partial charge in [-0.15, -0.1) is 0 Å². The molecule has 1 aliphatic heterocycles. The first-order chi connectivity index (χ1) is 7.77. The summed E-state index contributed by atoms with van der Waals surface area (Å²) in [5.74, 6) is 1.24. The molecule has 1 aromatic rings. The number of aromatic nitrogens is 2. The van der Waals surface area contributed by atoms with Gasteiger partial charge in [0.2, 0.25) is 0 Å². The molecule has 1 atom stereocenters. The van der Waals surface area contributed by atoms with Crippen LogP contribution in [0.15, 0.2) is 12.4 Å². The molecule has 2 heterocycles. The highest BCUT2D eigenvalue weighted by molar-refractivity contribution is 4.95. The summed E-state index contributed by atoms with van der Waals surface area (Å²) in [6.07, 6.45) is 10.4. The van der Waals surface area contributed by atoms with E-state index in [-0.39, 0.29) is 0 Å². The lowest BCUT2D eigenvalue weighted by Gasteiger charge is -2.23. The van der Waals surface area contributed by atoms with Gasteiger partial charge in [0.25, 0.3) is 0 Å². The third-order valence-electron chi connectivity index (χ3n) is 3.43. The number of hydrogen-bond donors (Lipinski definition) is 1. The summed E-state index contributed by atoms with van der Waals surface area (Å²) < 4.78 is 2.28. The van der Waals surface area contributed by atoms with E-state index in [9.17, 15) is 0 Å². The molecule has 1 N–H and O–H groups in total. The molecule has 0 saturated carbocycles. The predicted octanol–water partition coefficient (Wildman–Crippen LogP) is 2.54. The van der Waals surface area contributed by atoms with Crippen LogP contribution in [0.5, 0.6) is 0 Å². The van der Waals surface area contributed by atoms with Gasteiger partial charge in [0, 0.05) is 30.9 Å². The molecule has 0 amide bonds. The second-order valence-electron chi connectivity index (χ2n) is 5.03. The fourth-order valence-electron chi connectivity index (χ4n) is 2.48. The minimum atomic E-state index is 0.525. The molecule has 16 heavy (non-hydrogen) atoms. The molecule has 0 radical (unpaired) electrons. The Morgan fingerprint density at radius 3 is 3.06 bits per heavy atom. The van der Waals surface area contributed by atoms with Crippen molar-refractivity contribution in [1.82, 2.24) is 14.9 Å². The number of nitrogens with one attached hydrogen (secondary N) is 1. The van der Waals surface area contributed by atoms with Gasteiger partial charge in [-0.1, -0.05) is 6.42 Å². The van der Waals surface area contributed by atoms with Gasteiger partial charge in [-0.2, -0.15) is 0 Å². The van der Waals surface area contributed by atoms with E-state index in [4.69, 9.17) is 0 Å². The first-order valence-electron chi connectivity index (χ1n) is 6.52. The van der Waals surface area contributed by atoms with Crippen molar-refractivity contribution in [3.8, 4) is 0 Å². The molecule has 0 aliphatic carbocycles. The maximum Gasteiger partial charge on any atom is 0.108 e. The van der Waals surface area contributed by atoms with Crippen LogP contribution in [-0.4, -0.2) is 22.1 Å². The Labute approximate surface area is 98.3 Å². The zero-order chi connectivity index (χ0) is 11.4. The molecule has 0 aromatic carbocycles. The van der Waals surface area contributed by atoms with E-state index < -0.39 is 0 Å². The monoisotopic (exact) mass is 221 g/mol. The Morgan fingerprint density at radius 2 is 2.38 bits per heavy atom. The Balaban J connectivity index is 1.86. The molecule has 3 nitrogen and oxygen atoms in total. The van der Waals surface area contributed by atoms with Gasteiger partial charge in [-0.25, -0.2) is 4.98 Å². The Kier molecular flexibility index (Phi) is 3.99. The molecule has 2 rings (SSSR count). The highest BCUT2D eigenvalue weighted by Gasteiger charge is 2.14. The quantitative estimate of drug-likeness (QED) is 0.846. The van der Waals surface area contributed by atoms with Crippen molar-refractivity contribution in [3.05, 3.63) is 18.2 Å². The minimum Gasteiger partial charge on any atom is -0.332 e. The van der Waals surface area contributed by atoms with E-state index in [1.807, 2.05) is 6.20 Å². The fourth-order valence-corrected chi connectivity index (χ4v) is 2.48. The van der Waals surface area contributed by atoms with Gasteiger partial charge < -0.3 is 9.88 Å². The summed E-state index contributed by atoms with van der Waals surface area (Å²) in [4.78, 5) is 4.46. The van der Waals surface area contributed by atoms with Crippen molar-refractivity contribution in [2.24, 2.45) is 0 Å². The maximum atomic E-state index is 4.46. The van der Waals surface area contributed by atoms with E-state index in [2.05, 4.69) is 34.9 Å². The molecule has 1 aromatic heterocycles. The van der Waals surface area contributed by atoms with Crippen molar-refractivity contribution in [2.45, 2.75) is 58.0 Å². The predicted molar refractivity (Wildman–Crippen MR) is 66.6 cm³/mol. The van der Waals surface area contributed by atoms with Crippen molar-refractivity contribution < 1.29 is 0 Å². The first-order valence-corrected chi connectivity index (χ1v) is 6.52. The Morgan fingerprint density at radius 1 is 1.50 bits per heavy atom. The first kappa shape index (κ1) is 11.6. The molecule has 1 saturated heterocycles. The average Bonchev–Trinajstić information content (AvgIpc) is 2.76. The van der Waals surface area contributed by atoms with Crippen LogP contribution in [0.1, 0.15) is 51.4 Å². The smallest absolute Gasteiger partial charge is 0.108 e. The highest BCUT2D eigenvalue weighted by Crippen LogP contribution is 2.14. The highest BCUT2D eigenvalue weighted by atomic mass is 15.1. The molecule has 1 unspecified atom stereocenters. The number of rotatable bonds is 4. The second kappa shape index (κ2) is 5.48. The van der Waals surface area contributed by atoms with Crippen LogP contribution in [0.25, 0.3) is 0 Å². The van der Waals surface area contributed by atoms with Crippen molar-refractivity contribution >= 4 is 0 Å². The molecular formula is C13H23N3. The Bertz CT molecular complexity index is 311. The van der Waals surface area contributed by atoms with Crippen LogP contribution < -0.4 is 5.32 Å². The van der Waals surface area contributed by atoms with E-state index >= 15 is 0 Å². The van der Waals surface area contributed by atoms with Gasteiger partial charge >= 0.3 is 0 Å². The standard InChI is InChI=1S/C13H23N3/c1-11(2)16-10-9-15-13(16)7-6-12-5-3-4-8-14-12/h9-12,14H,3-8H2,1-2H3. The van der Waals surface area contributed by atoms with E-state index in [1.54, 1.807) is 0 Å². The number of nitrogens with zero attached hydrogens (tertiary/aromatic N) is 2. The maximum absolute atomic E-state index is 4.46. The molecule has 3 heteroatoms. The molecule has 1 aliphatic rings. The summed E-state index contributed by atoms with van der Waals surface area (Å²) in [6.45, 7) is 5.62. The topological polar surface area (TPSA) is 29.9 Å². The van der Waals surface area contributed by atoms with Crippen molar-refractivity contribution in [1.29, 1.82) is 0 Å². The van der Waals surface area contributed by atoms with Gasteiger partial charge in [-0.05, 0) is 39.7 Å². The van der Waals surface area contributed by atoms with E-state index in [0.717, 1.165) is 6.42 Å². The summed E-state index contributed by atoms with van der Waals surface area (Å²) >= 11 is 0. The SMILES string of the molecule is CC(C)n1ccnc1CCC1CCCCN1. The van der Waals surface area contributed by atoms with Gasteiger partial charge in [-0.3, -0.25) is 0 Å². The summed E-state index contributed by atoms with van der Waals surface area (Å²) in [5, 5.41) is 3.59. The molecule has 0 bridgehead atoms. The van der Waals surface area contributed by atoms with Crippen molar-refractivity contribution in [2.75, 3.05) is 6.54 Å².